The summed E-state index contributed by atoms with van der Waals surface area (Å²) in [5, 5.41) is 19.9. The second kappa shape index (κ2) is 9.74. The number of aliphatic hydroxyl groups is 1. The second-order valence-electron chi connectivity index (χ2n) is 7.99. The molecule has 1 unspecified atom stereocenters. The van der Waals surface area contributed by atoms with Crippen LogP contribution in [0.5, 0.6) is 5.75 Å². The van der Waals surface area contributed by atoms with E-state index < -0.39 is 11.6 Å². The molecule has 1 saturated carbocycles. The fourth-order valence-corrected chi connectivity index (χ4v) is 3.74. The van der Waals surface area contributed by atoms with Gasteiger partial charge < -0.3 is 20.5 Å². The lowest BCUT2D eigenvalue weighted by Crippen LogP contribution is -2.31. The maximum Gasteiger partial charge on any atom is 0.168 e. The predicted molar refractivity (Wildman–Crippen MR) is 117 cm³/mol. The maximum absolute atomic E-state index is 14.8. The Hall–Kier alpha value is -2.85. The molecule has 0 aromatic carbocycles. The van der Waals surface area contributed by atoms with Crippen LogP contribution in [0.2, 0.25) is 0 Å². The Morgan fingerprint density at radius 1 is 1.28 bits per heavy atom. The van der Waals surface area contributed by atoms with E-state index in [4.69, 9.17) is 9.84 Å². The number of aliphatic hydroxyl groups excluding tert-OH is 1. The van der Waals surface area contributed by atoms with Crippen molar-refractivity contribution in [3.63, 3.8) is 0 Å². The van der Waals surface area contributed by atoms with Crippen molar-refractivity contribution >= 4 is 11.5 Å². The molecule has 0 spiro atoms. The SMILES string of the molecule is CCCC(CNC)Nc1nc(-c2cnc3cc(OCCO)c(C4CC4)nn23)c(F)cc1F. The Morgan fingerprint density at radius 2 is 2.09 bits per heavy atom. The van der Waals surface area contributed by atoms with Crippen LogP contribution in [-0.2, 0) is 0 Å². The van der Waals surface area contributed by atoms with Crippen molar-refractivity contribution in [3.8, 4) is 17.1 Å². The zero-order valence-electron chi connectivity index (χ0n) is 18.2. The number of nitrogens with one attached hydrogen (secondary N) is 2. The summed E-state index contributed by atoms with van der Waals surface area (Å²) in [5.74, 6) is -0.719. The normalized spacial score (nSPS) is 14.7. The summed E-state index contributed by atoms with van der Waals surface area (Å²) < 4.78 is 36.5. The number of rotatable bonds is 11. The minimum atomic E-state index is -0.786. The van der Waals surface area contributed by atoms with Gasteiger partial charge in [-0.3, -0.25) is 0 Å². The van der Waals surface area contributed by atoms with E-state index in [1.807, 2.05) is 14.0 Å². The number of hydrogen-bond acceptors (Lipinski definition) is 7. The Morgan fingerprint density at radius 3 is 2.78 bits per heavy atom. The minimum Gasteiger partial charge on any atom is -0.489 e. The summed E-state index contributed by atoms with van der Waals surface area (Å²) in [6, 6.07) is 2.52. The number of aromatic nitrogens is 4. The maximum atomic E-state index is 14.8. The monoisotopic (exact) mass is 446 g/mol. The van der Waals surface area contributed by atoms with Crippen molar-refractivity contribution in [2.75, 3.05) is 32.1 Å². The highest BCUT2D eigenvalue weighted by atomic mass is 19.1. The average Bonchev–Trinajstić information content (AvgIpc) is 3.54. The smallest absolute Gasteiger partial charge is 0.168 e. The number of pyridine rings is 1. The number of anilines is 1. The molecular formula is C22H28F2N6O2. The van der Waals surface area contributed by atoms with Crippen LogP contribution < -0.4 is 15.4 Å². The van der Waals surface area contributed by atoms with Gasteiger partial charge in [-0.15, -0.1) is 0 Å². The standard InChI is InChI=1S/C22H28F2N6O2/c1-3-4-14(11-25-2)27-22-16(24)9-15(23)21(28-22)17-12-26-19-10-18(32-8-7-31)20(13-5-6-13)29-30(17)19/h9-10,12-14,25,31H,3-8,11H2,1-2H3,(H,27,28). The van der Waals surface area contributed by atoms with E-state index in [-0.39, 0.29) is 36.7 Å². The van der Waals surface area contributed by atoms with Gasteiger partial charge in [0.2, 0.25) is 0 Å². The molecule has 0 aliphatic heterocycles. The molecule has 0 amide bonds. The van der Waals surface area contributed by atoms with E-state index in [1.54, 1.807) is 6.07 Å². The lowest BCUT2D eigenvalue weighted by molar-refractivity contribution is 0.199. The molecular weight excluding hydrogens is 418 g/mol. The van der Waals surface area contributed by atoms with Gasteiger partial charge >= 0.3 is 0 Å². The van der Waals surface area contributed by atoms with Crippen LogP contribution in [0.3, 0.4) is 0 Å². The Bertz CT molecular complexity index is 1080. The van der Waals surface area contributed by atoms with E-state index in [2.05, 4.69) is 25.7 Å². The van der Waals surface area contributed by atoms with Gasteiger partial charge in [-0.2, -0.15) is 5.10 Å². The molecule has 0 radical (unpaired) electrons. The van der Waals surface area contributed by atoms with Gasteiger partial charge in [0.05, 0.1) is 12.8 Å². The fourth-order valence-electron chi connectivity index (χ4n) is 3.74. The van der Waals surface area contributed by atoms with Crippen molar-refractivity contribution in [2.24, 2.45) is 0 Å². The molecule has 10 heteroatoms. The molecule has 32 heavy (non-hydrogen) atoms. The molecule has 3 aromatic rings. The summed E-state index contributed by atoms with van der Waals surface area (Å²) in [4.78, 5) is 8.60. The summed E-state index contributed by atoms with van der Waals surface area (Å²) in [5.41, 5.74) is 1.50. The van der Waals surface area contributed by atoms with Crippen LogP contribution in [-0.4, -0.2) is 57.5 Å². The van der Waals surface area contributed by atoms with Crippen LogP contribution in [0.4, 0.5) is 14.6 Å². The molecule has 0 bridgehead atoms. The highest BCUT2D eigenvalue weighted by Crippen LogP contribution is 2.43. The number of likely N-dealkylation sites (N-methyl/N-ethyl adjacent to an activating group) is 1. The fraction of sp³-hybridized carbons (Fsp3) is 0.500. The van der Waals surface area contributed by atoms with E-state index in [0.29, 0.717) is 23.6 Å². The number of hydrogen-bond donors (Lipinski definition) is 3. The lowest BCUT2D eigenvalue weighted by Gasteiger charge is -2.19. The zero-order chi connectivity index (χ0) is 22.7. The number of fused-ring (bicyclic) bond motifs is 1. The largest absolute Gasteiger partial charge is 0.489 e. The minimum absolute atomic E-state index is 0.00429. The molecule has 3 heterocycles. The molecule has 0 saturated heterocycles. The van der Waals surface area contributed by atoms with Crippen LogP contribution in [0.1, 0.15) is 44.2 Å². The quantitative estimate of drug-likeness (QED) is 0.416. The molecule has 8 nitrogen and oxygen atoms in total. The van der Waals surface area contributed by atoms with E-state index >= 15 is 0 Å². The topological polar surface area (TPSA) is 96.6 Å². The van der Waals surface area contributed by atoms with Gasteiger partial charge in [0.25, 0.3) is 0 Å². The van der Waals surface area contributed by atoms with Gasteiger partial charge in [-0.05, 0) is 26.3 Å². The van der Waals surface area contributed by atoms with Gasteiger partial charge in [-0.25, -0.2) is 23.3 Å². The Kier molecular flexibility index (Phi) is 6.80. The molecule has 1 aliphatic rings. The van der Waals surface area contributed by atoms with Crippen molar-refractivity contribution in [2.45, 2.75) is 44.6 Å². The molecule has 3 aromatic heterocycles. The van der Waals surface area contributed by atoms with Crippen LogP contribution >= 0.6 is 0 Å². The summed E-state index contributed by atoms with van der Waals surface area (Å²) in [7, 11) is 1.82. The van der Waals surface area contributed by atoms with Gasteiger partial charge in [0.15, 0.2) is 23.1 Å². The third kappa shape index (κ3) is 4.66. The summed E-state index contributed by atoms with van der Waals surface area (Å²) >= 11 is 0. The van der Waals surface area contributed by atoms with E-state index in [1.165, 1.54) is 10.7 Å². The second-order valence-corrected chi connectivity index (χ2v) is 7.99. The number of halogens is 2. The van der Waals surface area contributed by atoms with E-state index in [9.17, 15) is 8.78 Å². The van der Waals surface area contributed by atoms with Crippen molar-refractivity contribution < 1.29 is 18.6 Å². The van der Waals surface area contributed by atoms with Crippen molar-refractivity contribution in [1.29, 1.82) is 0 Å². The molecule has 1 fully saturated rings. The van der Waals surface area contributed by atoms with Crippen molar-refractivity contribution in [1.82, 2.24) is 24.9 Å². The number of nitrogens with zero attached hydrogens (tertiary/aromatic N) is 4. The molecule has 3 N–H and O–H groups in total. The third-order valence-electron chi connectivity index (χ3n) is 5.40. The lowest BCUT2D eigenvalue weighted by atomic mass is 10.1. The van der Waals surface area contributed by atoms with Crippen LogP contribution in [0, 0.1) is 11.6 Å². The van der Waals surface area contributed by atoms with Gasteiger partial charge in [0.1, 0.15) is 29.4 Å². The highest BCUT2D eigenvalue weighted by molar-refractivity contribution is 5.63. The van der Waals surface area contributed by atoms with Crippen LogP contribution in [0.25, 0.3) is 17.0 Å². The first kappa shape index (κ1) is 22.3. The summed E-state index contributed by atoms with van der Waals surface area (Å²) in [6.45, 7) is 2.71. The third-order valence-corrected chi connectivity index (χ3v) is 5.40. The molecule has 4 rings (SSSR count). The van der Waals surface area contributed by atoms with E-state index in [0.717, 1.165) is 37.4 Å². The number of ether oxygens (including phenoxy) is 1. The zero-order valence-corrected chi connectivity index (χ0v) is 18.2. The van der Waals surface area contributed by atoms with Crippen molar-refractivity contribution in [3.05, 3.63) is 35.7 Å². The molecule has 1 aliphatic carbocycles. The first-order valence-electron chi connectivity index (χ1n) is 11.0. The molecule has 1 atom stereocenters. The van der Waals surface area contributed by atoms with Crippen LogP contribution in [0.15, 0.2) is 18.3 Å². The first-order chi connectivity index (χ1) is 15.5. The highest BCUT2D eigenvalue weighted by Gasteiger charge is 2.30. The Balaban J connectivity index is 1.74. The average molecular weight is 447 g/mol. The first-order valence-corrected chi connectivity index (χ1v) is 11.0. The van der Waals surface area contributed by atoms with Gasteiger partial charge in [0, 0.05) is 30.6 Å². The summed E-state index contributed by atoms with van der Waals surface area (Å²) in [6.07, 6.45) is 5.17. The Labute approximate surface area is 185 Å². The number of imidazole rings is 1. The predicted octanol–water partition coefficient (Wildman–Crippen LogP) is 3.12. The molecule has 172 valence electrons. The van der Waals surface area contributed by atoms with Gasteiger partial charge in [-0.1, -0.05) is 13.3 Å².